The quantitative estimate of drug-likeness (QED) is 0.873. The van der Waals surface area contributed by atoms with Crippen LogP contribution in [0.1, 0.15) is 18.5 Å². The summed E-state index contributed by atoms with van der Waals surface area (Å²) >= 11 is 3.10. The maximum absolute atomic E-state index is 13.5. The molecule has 0 fully saturated rings. The van der Waals surface area contributed by atoms with Crippen LogP contribution in [0.4, 0.5) is 4.39 Å². The van der Waals surface area contributed by atoms with Gasteiger partial charge in [0.05, 0.1) is 11.6 Å². The highest BCUT2D eigenvalue weighted by Crippen LogP contribution is 2.31. The molecule has 0 saturated carbocycles. The third kappa shape index (κ3) is 2.00. The van der Waals surface area contributed by atoms with E-state index in [9.17, 15) is 4.39 Å². The lowest BCUT2D eigenvalue weighted by Crippen LogP contribution is -2.08. The van der Waals surface area contributed by atoms with Gasteiger partial charge in [0.15, 0.2) is 0 Å². The van der Waals surface area contributed by atoms with Gasteiger partial charge in [0, 0.05) is 11.6 Å². The molecular formula is C9H11BrFNO. The van der Waals surface area contributed by atoms with E-state index in [1.807, 2.05) is 0 Å². The predicted molar refractivity (Wildman–Crippen MR) is 53.3 cm³/mol. The Hall–Kier alpha value is -0.610. The largest absolute Gasteiger partial charge is 0.495 e. The number of ether oxygens (including phenoxy) is 1. The van der Waals surface area contributed by atoms with Crippen molar-refractivity contribution < 1.29 is 9.13 Å². The number of benzene rings is 1. The van der Waals surface area contributed by atoms with E-state index in [-0.39, 0.29) is 11.9 Å². The lowest BCUT2D eigenvalue weighted by atomic mass is 10.1. The molecule has 0 spiro atoms. The maximum Gasteiger partial charge on any atom is 0.145 e. The van der Waals surface area contributed by atoms with Gasteiger partial charge >= 0.3 is 0 Å². The average Bonchev–Trinajstić information content (AvgIpc) is 2.09. The van der Waals surface area contributed by atoms with E-state index in [0.717, 1.165) is 0 Å². The third-order valence-corrected chi connectivity index (χ3v) is 2.53. The van der Waals surface area contributed by atoms with Gasteiger partial charge in [-0.1, -0.05) is 6.07 Å². The zero-order valence-corrected chi connectivity index (χ0v) is 9.06. The lowest BCUT2D eigenvalue weighted by Gasteiger charge is -2.10. The molecule has 1 rings (SSSR count). The number of halogens is 2. The molecule has 1 atom stereocenters. The molecule has 1 aromatic rings. The van der Waals surface area contributed by atoms with Gasteiger partial charge in [-0.2, -0.15) is 0 Å². The second kappa shape index (κ2) is 4.07. The minimum Gasteiger partial charge on any atom is -0.495 e. The molecule has 0 aromatic heterocycles. The van der Waals surface area contributed by atoms with Crippen LogP contribution < -0.4 is 10.5 Å². The van der Waals surface area contributed by atoms with Gasteiger partial charge in [-0.15, -0.1) is 0 Å². The minimum absolute atomic E-state index is 0.317. The Morgan fingerprint density at radius 2 is 2.15 bits per heavy atom. The van der Waals surface area contributed by atoms with Crippen molar-refractivity contribution in [3.8, 4) is 5.75 Å². The lowest BCUT2D eigenvalue weighted by molar-refractivity contribution is 0.406. The van der Waals surface area contributed by atoms with Crippen LogP contribution >= 0.6 is 15.9 Å². The molecule has 1 aromatic carbocycles. The summed E-state index contributed by atoms with van der Waals surface area (Å²) in [5, 5.41) is 0. The molecule has 0 saturated heterocycles. The first-order valence-electron chi connectivity index (χ1n) is 3.85. The van der Waals surface area contributed by atoms with Crippen LogP contribution in [0, 0.1) is 5.82 Å². The van der Waals surface area contributed by atoms with Gasteiger partial charge in [-0.3, -0.25) is 0 Å². The van der Waals surface area contributed by atoms with E-state index in [4.69, 9.17) is 10.5 Å². The molecule has 0 radical (unpaired) electrons. The molecule has 2 nitrogen and oxygen atoms in total. The van der Waals surface area contributed by atoms with Crippen LogP contribution in [0.2, 0.25) is 0 Å². The fraction of sp³-hybridized carbons (Fsp3) is 0.333. The number of hydrogen-bond donors (Lipinski definition) is 1. The van der Waals surface area contributed by atoms with Gasteiger partial charge in [-0.25, -0.2) is 4.39 Å². The Kier molecular flexibility index (Phi) is 3.27. The molecule has 0 amide bonds. The van der Waals surface area contributed by atoms with Crippen molar-refractivity contribution in [3.63, 3.8) is 0 Å². The summed E-state index contributed by atoms with van der Waals surface area (Å²) in [4.78, 5) is 0. The standard InChI is InChI=1S/C9H11BrFNO/c1-5(12)6-3-4-7(13-2)8(10)9(6)11/h3-5H,12H2,1-2H3. The van der Waals surface area contributed by atoms with Gasteiger partial charge < -0.3 is 10.5 Å². The van der Waals surface area contributed by atoms with Crippen LogP contribution in [0.15, 0.2) is 16.6 Å². The van der Waals surface area contributed by atoms with Crippen molar-refractivity contribution in [2.45, 2.75) is 13.0 Å². The summed E-state index contributed by atoms with van der Waals surface area (Å²) in [7, 11) is 1.49. The summed E-state index contributed by atoms with van der Waals surface area (Å²) in [5.41, 5.74) is 6.05. The van der Waals surface area contributed by atoms with Crippen LogP contribution in [0.25, 0.3) is 0 Å². The van der Waals surface area contributed by atoms with Gasteiger partial charge in [0.1, 0.15) is 11.6 Å². The normalized spacial score (nSPS) is 12.7. The van der Waals surface area contributed by atoms with E-state index < -0.39 is 0 Å². The van der Waals surface area contributed by atoms with E-state index in [2.05, 4.69) is 15.9 Å². The Balaban J connectivity index is 3.23. The summed E-state index contributed by atoms with van der Waals surface area (Å²) < 4.78 is 18.7. The summed E-state index contributed by atoms with van der Waals surface area (Å²) in [5.74, 6) is 0.122. The summed E-state index contributed by atoms with van der Waals surface area (Å²) in [6.07, 6.45) is 0. The van der Waals surface area contributed by atoms with Crippen molar-refractivity contribution in [2.24, 2.45) is 5.73 Å². The highest BCUT2D eigenvalue weighted by molar-refractivity contribution is 9.10. The second-order valence-corrected chi connectivity index (χ2v) is 3.57. The molecule has 0 bridgehead atoms. The van der Waals surface area contributed by atoms with E-state index in [1.165, 1.54) is 7.11 Å². The Morgan fingerprint density at radius 1 is 1.54 bits per heavy atom. The average molecular weight is 248 g/mol. The molecule has 4 heteroatoms. The number of methoxy groups -OCH3 is 1. The van der Waals surface area contributed by atoms with E-state index in [0.29, 0.717) is 15.8 Å². The molecular weight excluding hydrogens is 237 g/mol. The van der Waals surface area contributed by atoms with Crippen molar-refractivity contribution in [1.82, 2.24) is 0 Å². The Labute approximate surface area is 85.0 Å². The highest BCUT2D eigenvalue weighted by atomic mass is 79.9. The first kappa shape index (κ1) is 10.5. The topological polar surface area (TPSA) is 35.2 Å². The Morgan fingerprint density at radius 3 is 2.62 bits per heavy atom. The highest BCUT2D eigenvalue weighted by Gasteiger charge is 2.13. The zero-order valence-electron chi connectivity index (χ0n) is 7.47. The smallest absolute Gasteiger partial charge is 0.145 e. The summed E-state index contributed by atoms with van der Waals surface area (Å²) in [6.45, 7) is 1.73. The van der Waals surface area contributed by atoms with Crippen LogP contribution in [-0.2, 0) is 0 Å². The van der Waals surface area contributed by atoms with E-state index in [1.54, 1.807) is 19.1 Å². The van der Waals surface area contributed by atoms with Crippen molar-refractivity contribution >= 4 is 15.9 Å². The third-order valence-electron chi connectivity index (χ3n) is 1.79. The molecule has 13 heavy (non-hydrogen) atoms. The predicted octanol–water partition coefficient (Wildman–Crippen LogP) is 2.62. The maximum atomic E-state index is 13.5. The number of nitrogens with two attached hydrogens (primary N) is 1. The van der Waals surface area contributed by atoms with Crippen LogP contribution in [-0.4, -0.2) is 7.11 Å². The Bertz CT molecular complexity index is 315. The molecule has 0 aliphatic heterocycles. The fourth-order valence-corrected chi connectivity index (χ4v) is 1.58. The summed E-state index contributed by atoms with van der Waals surface area (Å²) in [6, 6.07) is 3.00. The second-order valence-electron chi connectivity index (χ2n) is 2.77. The number of hydrogen-bond acceptors (Lipinski definition) is 2. The SMILES string of the molecule is COc1ccc(C(C)N)c(F)c1Br. The fourth-order valence-electron chi connectivity index (χ4n) is 1.06. The van der Waals surface area contributed by atoms with Gasteiger partial charge in [0.2, 0.25) is 0 Å². The van der Waals surface area contributed by atoms with Crippen molar-refractivity contribution in [1.29, 1.82) is 0 Å². The molecule has 72 valence electrons. The van der Waals surface area contributed by atoms with Gasteiger partial charge in [0.25, 0.3) is 0 Å². The van der Waals surface area contributed by atoms with Crippen LogP contribution in [0.5, 0.6) is 5.75 Å². The van der Waals surface area contributed by atoms with Gasteiger partial charge in [-0.05, 0) is 28.9 Å². The molecule has 2 N–H and O–H groups in total. The van der Waals surface area contributed by atoms with E-state index >= 15 is 0 Å². The van der Waals surface area contributed by atoms with Crippen molar-refractivity contribution in [3.05, 3.63) is 28.0 Å². The molecule has 0 heterocycles. The number of rotatable bonds is 2. The zero-order chi connectivity index (χ0) is 10.0. The first-order valence-corrected chi connectivity index (χ1v) is 4.64. The minimum atomic E-state index is -0.352. The first-order chi connectivity index (χ1) is 6.07. The van der Waals surface area contributed by atoms with Crippen molar-refractivity contribution in [2.75, 3.05) is 7.11 Å². The molecule has 0 aliphatic rings. The molecule has 1 unspecified atom stereocenters. The monoisotopic (exact) mass is 247 g/mol. The molecule has 0 aliphatic carbocycles. The van der Waals surface area contributed by atoms with Crippen LogP contribution in [0.3, 0.4) is 0 Å².